The van der Waals surface area contributed by atoms with Crippen LogP contribution in [0.5, 0.6) is 0 Å². The van der Waals surface area contributed by atoms with Gasteiger partial charge in [0.1, 0.15) is 11.8 Å². The summed E-state index contributed by atoms with van der Waals surface area (Å²) in [5, 5.41) is 27.9. The van der Waals surface area contributed by atoms with Crippen LogP contribution in [0.2, 0.25) is 5.02 Å². The van der Waals surface area contributed by atoms with Gasteiger partial charge in [0.2, 0.25) is 0 Å². The molecular weight excluding hydrogens is 592 g/mol. The quantitative estimate of drug-likeness (QED) is 0.177. The number of nitrogens with zero attached hydrogens (tertiary/aromatic N) is 6. The summed E-state index contributed by atoms with van der Waals surface area (Å²) in [6.45, 7) is 13.1. The van der Waals surface area contributed by atoms with E-state index in [9.17, 15) is 5.26 Å². The van der Waals surface area contributed by atoms with Crippen molar-refractivity contribution in [2.75, 3.05) is 23.7 Å². The molecule has 3 aromatic carbocycles. The van der Waals surface area contributed by atoms with Crippen molar-refractivity contribution >= 4 is 33.9 Å². The molecule has 2 aromatic heterocycles. The zero-order chi connectivity index (χ0) is 32.4. The van der Waals surface area contributed by atoms with Crippen molar-refractivity contribution in [1.29, 1.82) is 5.26 Å². The van der Waals surface area contributed by atoms with Crippen LogP contribution >= 0.6 is 11.6 Å². The van der Waals surface area contributed by atoms with Crippen LogP contribution in [0.3, 0.4) is 0 Å². The first-order valence-electron chi connectivity index (χ1n) is 15.9. The Morgan fingerprint density at radius 1 is 1.00 bits per heavy atom. The number of pyridine rings is 1. The largest absolute Gasteiger partial charge is 0.377 e. The molecule has 236 valence electrons. The smallest absolute Gasteiger partial charge is 0.109 e. The molecule has 6 rings (SSSR count). The Labute approximate surface area is 276 Å². The molecule has 2 unspecified atom stereocenters. The minimum absolute atomic E-state index is 0.0448. The van der Waals surface area contributed by atoms with Crippen LogP contribution in [0, 0.1) is 18.3 Å². The maximum Gasteiger partial charge on any atom is 0.109 e. The second kappa shape index (κ2) is 13.1. The van der Waals surface area contributed by atoms with E-state index in [4.69, 9.17) is 11.6 Å². The van der Waals surface area contributed by atoms with Crippen molar-refractivity contribution in [3.05, 3.63) is 112 Å². The van der Waals surface area contributed by atoms with Gasteiger partial charge in [0.15, 0.2) is 0 Å². The zero-order valence-electron chi connectivity index (χ0n) is 27.1. The van der Waals surface area contributed by atoms with Gasteiger partial charge in [-0.2, -0.15) is 5.26 Å². The molecule has 8 nitrogen and oxygen atoms in total. The molecule has 5 aromatic rings. The Morgan fingerprint density at radius 2 is 1.72 bits per heavy atom. The second-order valence-corrected chi connectivity index (χ2v) is 13.6. The summed E-state index contributed by atoms with van der Waals surface area (Å²) < 4.78 is 2.04. The van der Waals surface area contributed by atoms with Crippen LogP contribution in [0.25, 0.3) is 10.9 Å². The highest BCUT2D eigenvalue weighted by Gasteiger charge is 2.29. The molecule has 0 spiro atoms. The first-order valence-corrected chi connectivity index (χ1v) is 16.3. The number of hydrogen-bond acceptors (Lipinski definition) is 7. The SMILES string of the molecule is Cc1ccccc1C(C)Nc1c(C#N)cnc2c(Cl)cc(NC(c3ccccc3)c3cn(C4CCN(C(C)(C)C)CC4)nn3)cc12. The molecule has 1 saturated heterocycles. The third-order valence-electron chi connectivity index (χ3n) is 9.12. The van der Waals surface area contributed by atoms with E-state index in [0.29, 0.717) is 27.8 Å². The van der Waals surface area contributed by atoms with E-state index in [1.165, 1.54) is 5.56 Å². The van der Waals surface area contributed by atoms with Crippen LogP contribution in [-0.2, 0) is 0 Å². The van der Waals surface area contributed by atoms with Crippen molar-refractivity contribution in [2.24, 2.45) is 0 Å². The molecule has 3 heterocycles. The van der Waals surface area contributed by atoms with Gasteiger partial charge in [0.25, 0.3) is 0 Å². The molecule has 46 heavy (non-hydrogen) atoms. The molecule has 0 saturated carbocycles. The fraction of sp³-hybridized carbons (Fsp3) is 0.351. The molecule has 0 radical (unpaired) electrons. The van der Waals surface area contributed by atoms with Crippen molar-refractivity contribution < 1.29 is 0 Å². The van der Waals surface area contributed by atoms with Gasteiger partial charge >= 0.3 is 0 Å². The number of rotatable bonds is 8. The fourth-order valence-corrected chi connectivity index (χ4v) is 6.76. The van der Waals surface area contributed by atoms with Gasteiger partial charge in [-0.3, -0.25) is 9.88 Å². The number of aryl methyl sites for hydroxylation is 1. The first kappa shape index (κ1) is 31.5. The van der Waals surface area contributed by atoms with Crippen LogP contribution in [0.1, 0.15) is 86.6 Å². The summed E-state index contributed by atoms with van der Waals surface area (Å²) in [5.41, 5.74) is 6.99. The lowest BCUT2D eigenvalue weighted by molar-refractivity contribution is 0.0866. The monoisotopic (exact) mass is 632 g/mol. The van der Waals surface area contributed by atoms with E-state index in [1.807, 2.05) is 47.1 Å². The molecule has 0 aliphatic carbocycles. The van der Waals surface area contributed by atoms with Crippen LogP contribution in [-0.4, -0.2) is 43.5 Å². The summed E-state index contributed by atoms with van der Waals surface area (Å²) in [4.78, 5) is 7.11. The van der Waals surface area contributed by atoms with Gasteiger partial charge in [-0.1, -0.05) is 71.4 Å². The third kappa shape index (κ3) is 6.57. The summed E-state index contributed by atoms with van der Waals surface area (Å²) >= 11 is 6.88. The van der Waals surface area contributed by atoms with E-state index >= 15 is 0 Å². The number of benzene rings is 3. The molecule has 1 aliphatic rings. The average molecular weight is 633 g/mol. The topological polar surface area (TPSA) is 94.7 Å². The highest BCUT2D eigenvalue weighted by atomic mass is 35.5. The van der Waals surface area contributed by atoms with Crippen LogP contribution < -0.4 is 10.6 Å². The lowest BCUT2D eigenvalue weighted by atomic mass is 9.98. The van der Waals surface area contributed by atoms with Crippen LogP contribution in [0.4, 0.5) is 11.4 Å². The van der Waals surface area contributed by atoms with Gasteiger partial charge in [-0.05, 0) is 76.3 Å². The molecule has 0 bridgehead atoms. The van der Waals surface area contributed by atoms with Gasteiger partial charge in [0, 0.05) is 41.9 Å². The summed E-state index contributed by atoms with van der Waals surface area (Å²) in [7, 11) is 0. The predicted octanol–water partition coefficient (Wildman–Crippen LogP) is 8.47. The number of piperidine rings is 1. The Hall–Kier alpha value is -4.45. The Balaban J connectivity index is 1.34. The molecule has 2 atom stereocenters. The Morgan fingerprint density at radius 3 is 2.41 bits per heavy atom. The van der Waals surface area contributed by atoms with Crippen molar-refractivity contribution in [2.45, 2.75) is 71.1 Å². The van der Waals surface area contributed by atoms with E-state index in [-0.39, 0.29) is 17.6 Å². The number of aromatic nitrogens is 4. The molecule has 1 aliphatic heterocycles. The van der Waals surface area contributed by atoms with Crippen molar-refractivity contribution in [1.82, 2.24) is 24.9 Å². The fourth-order valence-electron chi connectivity index (χ4n) is 6.49. The number of halogens is 1. The minimum Gasteiger partial charge on any atom is -0.377 e. The first-order chi connectivity index (χ1) is 22.1. The zero-order valence-corrected chi connectivity index (χ0v) is 27.9. The van der Waals surface area contributed by atoms with Crippen LogP contribution in [0.15, 0.2) is 79.1 Å². The van der Waals surface area contributed by atoms with Gasteiger partial charge in [-0.25, -0.2) is 4.68 Å². The lowest BCUT2D eigenvalue weighted by Gasteiger charge is -2.40. The number of likely N-dealkylation sites (tertiary alicyclic amines) is 1. The van der Waals surface area contributed by atoms with Gasteiger partial charge in [0.05, 0.1) is 40.1 Å². The number of nitrogens with one attached hydrogen (secondary N) is 2. The number of hydrogen-bond donors (Lipinski definition) is 2. The van der Waals surface area contributed by atoms with Crippen molar-refractivity contribution in [3.8, 4) is 6.07 Å². The highest BCUT2D eigenvalue weighted by molar-refractivity contribution is 6.35. The van der Waals surface area contributed by atoms with Gasteiger partial charge < -0.3 is 10.6 Å². The average Bonchev–Trinajstić information content (AvgIpc) is 3.54. The second-order valence-electron chi connectivity index (χ2n) is 13.2. The number of anilines is 2. The molecule has 2 N–H and O–H groups in total. The number of fused-ring (bicyclic) bond motifs is 1. The Kier molecular flexibility index (Phi) is 8.99. The molecular formula is C37H41ClN8. The minimum atomic E-state index is -0.271. The third-order valence-corrected chi connectivity index (χ3v) is 9.40. The normalized spacial score (nSPS) is 15.8. The maximum absolute atomic E-state index is 10.1. The molecule has 9 heteroatoms. The summed E-state index contributed by atoms with van der Waals surface area (Å²) in [6, 6.07) is 24.7. The maximum atomic E-state index is 10.1. The summed E-state index contributed by atoms with van der Waals surface area (Å²) in [6.07, 6.45) is 5.74. The van der Waals surface area contributed by atoms with Gasteiger partial charge in [-0.15, -0.1) is 5.10 Å². The predicted molar refractivity (Wildman–Crippen MR) is 186 cm³/mol. The highest BCUT2D eigenvalue weighted by Crippen LogP contribution is 2.37. The van der Waals surface area contributed by atoms with E-state index in [0.717, 1.165) is 53.8 Å². The summed E-state index contributed by atoms with van der Waals surface area (Å²) in [5.74, 6) is 0. The van der Waals surface area contributed by atoms with E-state index in [2.05, 4.69) is 102 Å². The lowest BCUT2D eigenvalue weighted by Crippen LogP contribution is -2.46. The Bertz CT molecular complexity index is 1860. The molecule has 0 amide bonds. The van der Waals surface area contributed by atoms with Crippen molar-refractivity contribution in [3.63, 3.8) is 0 Å². The standard InChI is InChI=1S/C37H41ClN8/c1-24-11-9-10-14-30(24)25(2)41-34-27(21-39)22-40-36-31(34)19-28(20-32(36)38)42-35(26-12-7-6-8-13-26)33-23-46(44-43-33)29-15-17-45(18-16-29)37(3,4)5/h6-14,19-20,22-23,25,29,35,42H,15-18H2,1-5H3,(H,40,41). The van der Waals surface area contributed by atoms with E-state index in [1.54, 1.807) is 6.20 Å². The molecule has 1 fully saturated rings. The van der Waals surface area contributed by atoms with E-state index < -0.39 is 0 Å². The number of nitriles is 1.